The molecule has 1 aliphatic heterocycles. The Morgan fingerprint density at radius 1 is 1.24 bits per heavy atom. The second kappa shape index (κ2) is 7.89. The smallest absolute Gasteiger partial charge is 0.277 e. The average Bonchev–Trinajstić information content (AvgIpc) is 3.19. The first-order valence-electron chi connectivity index (χ1n) is 8.77. The lowest BCUT2D eigenvalue weighted by Gasteiger charge is -2.31. The SMILES string of the molecule is NCC(=O)Nc1cncc(-c2nn3c(=O)cc(N4CCN(N=O)CC4)nc3s2)c1. The minimum absolute atomic E-state index is 0.134. The number of amides is 1. The fraction of sp³-hybridized carbons (Fsp3) is 0.312. The average molecular weight is 415 g/mol. The van der Waals surface area contributed by atoms with Crippen LogP contribution in [-0.4, -0.2) is 63.2 Å². The normalized spacial score (nSPS) is 14.2. The van der Waals surface area contributed by atoms with Gasteiger partial charge in [-0.15, -0.1) is 4.91 Å². The van der Waals surface area contributed by atoms with Crippen molar-refractivity contribution in [2.24, 2.45) is 11.0 Å². The first-order valence-corrected chi connectivity index (χ1v) is 9.58. The van der Waals surface area contributed by atoms with Gasteiger partial charge in [-0.3, -0.25) is 19.6 Å². The van der Waals surface area contributed by atoms with Crippen LogP contribution in [0.15, 0.2) is 34.6 Å². The molecule has 0 bridgehead atoms. The van der Waals surface area contributed by atoms with Crippen LogP contribution in [0, 0.1) is 4.91 Å². The van der Waals surface area contributed by atoms with Crippen molar-refractivity contribution < 1.29 is 4.79 Å². The van der Waals surface area contributed by atoms with Gasteiger partial charge >= 0.3 is 0 Å². The predicted octanol–water partition coefficient (Wildman–Crippen LogP) is -0.0864. The van der Waals surface area contributed by atoms with Gasteiger partial charge in [0.05, 0.1) is 36.8 Å². The van der Waals surface area contributed by atoms with E-state index in [4.69, 9.17) is 5.73 Å². The molecule has 1 saturated heterocycles. The highest BCUT2D eigenvalue weighted by Crippen LogP contribution is 2.26. The molecule has 4 heterocycles. The topological polar surface area (TPSA) is 151 Å². The minimum Gasteiger partial charge on any atom is -0.353 e. The molecule has 0 aliphatic carbocycles. The van der Waals surface area contributed by atoms with Crippen LogP contribution in [0.25, 0.3) is 15.5 Å². The highest BCUT2D eigenvalue weighted by Gasteiger charge is 2.20. The molecular formula is C16H17N9O3S. The van der Waals surface area contributed by atoms with Gasteiger partial charge in [-0.05, 0) is 6.07 Å². The Labute approximate surface area is 167 Å². The molecule has 0 atom stereocenters. The maximum atomic E-state index is 12.5. The van der Waals surface area contributed by atoms with Crippen molar-refractivity contribution in [3.63, 3.8) is 0 Å². The highest BCUT2D eigenvalue weighted by atomic mass is 32.1. The molecule has 3 N–H and O–H groups in total. The lowest BCUT2D eigenvalue weighted by atomic mass is 10.3. The molecule has 0 saturated carbocycles. The number of carbonyl (C=O) groups is 1. The molecule has 29 heavy (non-hydrogen) atoms. The molecule has 13 heteroatoms. The van der Waals surface area contributed by atoms with E-state index < -0.39 is 0 Å². The number of nitrogens with two attached hydrogens (primary N) is 1. The number of pyridine rings is 1. The van der Waals surface area contributed by atoms with E-state index in [1.165, 1.54) is 33.1 Å². The molecule has 0 unspecified atom stereocenters. The summed E-state index contributed by atoms with van der Waals surface area (Å²) in [6.07, 6.45) is 3.09. The third-order valence-electron chi connectivity index (χ3n) is 4.38. The summed E-state index contributed by atoms with van der Waals surface area (Å²) in [5.41, 5.74) is 6.14. The second-order valence-corrected chi connectivity index (χ2v) is 7.25. The Hall–Kier alpha value is -3.45. The summed E-state index contributed by atoms with van der Waals surface area (Å²) >= 11 is 1.24. The van der Waals surface area contributed by atoms with Crippen molar-refractivity contribution in [3.8, 4) is 10.6 Å². The zero-order chi connectivity index (χ0) is 20.4. The molecule has 3 aromatic rings. The Morgan fingerprint density at radius 3 is 2.76 bits per heavy atom. The van der Waals surface area contributed by atoms with E-state index in [9.17, 15) is 14.5 Å². The van der Waals surface area contributed by atoms with Crippen molar-refractivity contribution in [2.75, 3.05) is 42.9 Å². The number of aromatic nitrogens is 4. The minimum atomic E-state index is -0.333. The molecule has 150 valence electrons. The molecular weight excluding hydrogens is 398 g/mol. The standard InChI is InChI=1S/C16H17N9O3S/c17-7-13(26)19-11-5-10(8-18-9-11)15-21-25-14(27)6-12(20-16(25)29-15)23-1-3-24(22-28)4-2-23/h5-6,8-9H,1-4,7,17H2,(H,19,26). The number of nitrogens with zero attached hydrogens (tertiary/aromatic N) is 7. The molecule has 12 nitrogen and oxygen atoms in total. The number of nitrogens with one attached hydrogen (secondary N) is 1. The maximum absolute atomic E-state index is 12.5. The van der Waals surface area contributed by atoms with Crippen molar-refractivity contribution in [2.45, 2.75) is 0 Å². The third-order valence-corrected chi connectivity index (χ3v) is 5.34. The van der Waals surface area contributed by atoms with Crippen molar-refractivity contribution >= 4 is 33.7 Å². The van der Waals surface area contributed by atoms with Crippen LogP contribution in [0.4, 0.5) is 11.5 Å². The summed E-state index contributed by atoms with van der Waals surface area (Å²) in [6, 6.07) is 3.13. The van der Waals surface area contributed by atoms with Crippen LogP contribution in [0.5, 0.6) is 0 Å². The first-order chi connectivity index (χ1) is 14.1. The van der Waals surface area contributed by atoms with E-state index in [0.29, 0.717) is 53.2 Å². The van der Waals surface area contributed by atoms with Crippen molar-refractivity contribution in [1.29, 1.82) is 0 Å². The summed E-state index contributed by atoms with van der Waals surface area (Å²) in [4.78, 5) is 45.7. The number of rotatable bonds is 5. The molecule has 3 aromatic heterocycles. The van der Waals surface area contributed by atoms with Crippen molar-refractivity contribution in [1.82, 2.24) is 24.6 Å². The molecule has 0 spiro atoms. The Bertz CT molecular complexity index is 1120. The molecule has 1 aliphatic rings. The van der Waals surface area contributed by atoms with E-state index in [2.05, 4.69) is 25.7 Å². The third kappa shape index (κ3) is 3.90. The monoisotopic (exact) mass is 415 g/mol. The quantitative estimate of drug-likeness (QED) is 0.545. The largest absolute Gasteiger partial charge is 0.353 e. The number of hydrogen-bond donors (Lipinski definition) is 2. The lowest BCUT2D eigenvalue weighted by Crippen LogP contribution is -2.44. The summed E-state index contributed by atoms with van der Waals surface area (Å²) in [6.45, 7) is 1.92. The second-order valence-electron chi connectivity index (χ2n) is 6.29. The van der Waals surface area contributed by atoms with Crippen LogP contribution < -0.4 is 21.5 Å². The van der Waals surface area contributed by atoms with E-state index >= 15 is 0 Å². The lowest BCUT2D eigenvalue weighted by molar-refractivity contribution is -0.114. The molecule has 0 radical (unpaired) electrons. The van der Waals surface area contributed by atoms with Gasteiger partial charge in [-0.2, -0.15) is 9.61 Å². The van der Waals surface area contributed by atoms with Gasteiger partial charge in [0.15, 0.2) is 0 Å². The molecule has 1 fully saturated rings. The van der Waals surface area contributed by atoms with E-state index in [0.717, 1.165) is 0 Å². The predicted molar refractivity (Wildman–Crippen MR) is 108 cm³/mol. The highest BCUT2D eigenvalue weighted by molar-refractivity contribution is 7.19. The summed E-state index contributed by atoms with van der Waals surface area (Å²) in [5, 5.41) is 11.9. The Morgan fingerprint density at radius 2 is 2.03 bits per heavy atom. The molecule has 4 rings (SSSR count). The van der Waals surface area contributed by atoms with Crippen molar-refractivity contribution in [3.05, 3.63) is 39.8 Å². The zero-order valence-corrected chi connectivity index (χ0v) is 16.0. The fourth-order valence-corrected chi connectivity index (χ4v) is 3.80. The van der Waals surface area contributed by atoms with Gasteiger partial charge in [0.2, 0.25) is 10.9 Å². The van der Waals surface area contributed by atoms with Gasteiger partial charge < -0.3 is 16.0 Å². The summed E-state index contributed by atoms with van der Waals surface area (Å²) in [5.74, 6) is 0.207. The van der Waals surface area contributed by atoms with Crippen LogP contribution in [0.2, 0.25) is 0 Å². The number of fused-ring (bicyclic) bond motifs is 1. The fourth-order valence-electron chi connectivity index (χ4n) is 2.92. The van der Waals surface area contributed by atoms with Gasteiger partial charge in [-0.25, -0.2) is 4.98 Å². The number of hydrogen-bond acceptors (Lipinski definition) is 10. The van der Waals surface area contributed by atoms with Gasteiger partial charge in [-0.1, -0.05) is 11.3 Å². The summed E-state index contributed by atoms with van der Waals surface area (Å²) < 4.78 is 1.23. The van der Waals surface area contributed by atoms with Crippen LogP contribution in [-0.2, 0) is 4.79 Å². The van der Waals surface area contributed by atoms with Gasteiger partial charge in [0.25, 0.3) is 5.56 Å². The Kier molecular flexibility index (Phi) is 5.14. The van der Waals surface area contributed by atoms with E-state index in [1.807, 2.05) is 4.90 Å². The van der Waals surface area contributed by atoms with Crippen LogP contribution in [0.1, 0.15) is 0 Å². The summed E-state index contributed by atoms with van der Waals surface area (Å²) in [7, 11) is 0. The number of carbonyl (C=O) groups excluding carboxylic acids is 1. The number of nitroso groups, excluding NO2 is 1. The first kappa shape index (κ1) is 18.9. The van der Waals surface area contributed by atoms with Crippen LogP contribution in [0.3, 0.4) is 0 Å². The number of anilines is 2. The van der Waals surface area contributed by atoms with Gasteiger partial charge in [0.1, 0.15) is 10.8 Å². The maximum Gasteiger partial charge on any atom is 0.277 e. The Balaban J connectivity index is 1.64. The van der Waals surface area contributed by atoms with E-state index in [1.54, 1.807) is 12.3 Å². The zero-order valence-electron chi connectivity index (χ0n) is 15.2. The van der Waals surface area contributed by atoms with Gasteiger partial charge in [0, 0.05) is 30.9 Å². The van der Waals surface area contributed by atoms with E-state index in [-0.39, 0.29) is 18.0 Å². The molecule has 0 aromatic carbocycles. The molecule has 1 amide bonds. The van der Waals surface area contributed by atoms with Crippen LogP contribution >= 0.6 is 11.3 Å². The number of piperazine rings is 1.